The number of imide groups is 1. The molecule has 0 aromatic rings. The zero-order valence-electron chi connectivity index (χ0n) is 10.5. The van der Waals surface area contributed by atoms with Gasteiger partial charge in [-0.25, -0.2) is 4.79 Å². The first-order valence-electron chi connectivity index (χ1n) is 5.71. The van der Waals surface area contributed by atoms with Crippen LogP contribution in [0.2, 0.25) is 0 Å². The molecule has 1 aliphatic heterocycles. The third kappa shape index (κ3) is 1.48. The molecule has 0 aromatic carbocycles. The maximum absolute atomic E-state index is 12.1. The second-order valence-corrected chi connectivity index (χ2v) is 4.78. The Hall–Kier alpha value is -1.70. The van der Waals surface area contributed by atoms with E-state index in [1.165, 1.54) is 18.7 Å². The van der Waals surface area contributed by atoms with Gasteiger partial charge in [0, 0.05) is 17.9 Å². The van der Waals surface area contributed by atoms with Gasteiger partial charge < -0.3 is 4.90 Å². The Kier molecular flexibility index (Phi) is 2.77. The van der Waals surface area contributed by atoms with Crippen molar-refractivity contribution in [2.24, 2.45) is 0 Å². The predicted molar refractivity (Wildman–Crippen MR) is 59.0 cm³/mol. The summed E-state index contributed by atoms with van der Waals surface area (Å²) >= 11 is 0. The van der Waals surface area contributed by atoms with Crippen molar-refractivity contribution >= 4 is 11.9 Å². The van der Waals surface area contributed by atoms with E-state index < -0.39 is 28.4 Å². The standard InChI is InChI=1S/C10H15N3O5/c1-6-10(2,13(16)17)8(14)12(18-3)9(15)11(6)7-4-5-7/h6-7H,4-5H2,1-3H3. The highest BCUT2D eigenvalue weighted by molar-refractivity contribution is 6.01. The van der Waals surface area contributed by atoms with E-state index in [2.05, 4.69) is 0 Å². The molecule has 1 saturated carbocycles. The van der Waals surface area contributed by atoms with Gasteiger partial charge in [0.2, 0.25) is 0 Å². The second-order valence-electron chi connectivity index (χ2n) is 4.78. The monoisotopic (exact) mass is 257 g/mol. The van der Waals surface area contributed by atoms with Crippen molar-refractivity contribution in [1.82, 2.24) is 9.96 Å². The van der Waals surface area contributed by atoms with E-state index in [1.807, 2.05) is 0 Å². The van der Waals surface area contributed by atoms with Gasteiger partial charge in [0.05, 0.1) is 7.11 Å². The van der Waals surface area contributed by atoms with Gasteiger partial charge in [0.15, 0.2) is 0 Å². The van der Waals surface area contributed by atoms with Gasteiger partial charge in [-0.2, -0.15) is 0 Å². The normalized spacial score (nSPS) is 32.9. The van der Waals surface area contributed by atoms with E-state index in [9.17, 15) is 19.7 Å². The maximum Gasteiger partial charge on any atom is 0.352 e. The van der Waals surface area contributed by atoms with Gasteiger partial charge >= 0.3 is 17.5 Å². The Morgan fingerprint density at radius 1 is 1.44 bits per heavy atom. The lowest BCUT2D eigenvalue weighted by Crippen LogP contribution is -2.71. The molecule has 2 aliphatic rings. The van der Waals surface area contributed by atoms with E-state index in [0.29, 0.717) is 5.06 Å². The highest BCUT2D eigenvalue weighted by Crippen LogP contribution is 2.37. The van der Waals surface area contributed by atoms with Crippen molar-refractivity contribution in [3.05, 3.63) is 10.1 Å². The minimum absolute atomic E-state index is 0.0301. The Balaban J connectivity index is 2.45. The van der Waals surface area contributed by atoms with Crippen LogP contribution in [0.15, 0.2) is 0 Å². The molecule has 0 N–H and O–H groups in total. The summed E-state index contributed by atoms with van der Waals surface area (Å²) in [7, 11) is 1.15. The Labute approximate surface area is 104 Å². The molecule has 0 aromatic heterocycles. The zero-order chi connectivity index (χ0) is 13.7. The van der Waals surface area contributed by atoms with E-state index >= 15 is 0 Å². The largest absolute Gasteiger partial charge is 0.352 e. The van der Waals surface area contributed by atoms with Crippen molar-refractivity contribution in [3.63, 3.8) is 0 Å². The molecule has 100 valence electrons. The molecule has 1 saturated heterocycles. The van der Waals surface area contributed by atoms with Crippen molar-refractivity contribution in [1.29, 1.82) is 0 Å². The number of carbonyl (C=O) groups excluding carboxylic acids is 2. The molecule has 0 radical (unpaired) electrons. The third-order valence-corrected chi connectivity index (χ3v) is 3.74. The summed E-state index contributed by atoms with van der Waals surface area (Å²) < 4.78 is 0. The lowest BCUT2D eigenvalue weighted by Gasteiger charge is -2.42. The van der Waals surface area contributed by atoms with Gasteiger partial charge in [-0.3, -0.25) is 19.7 Å². The fourth-order valence-electron chi connectivity index (χ4n) is 2.23. The van der Waals surface area contributed by atoms with Crippen LogP contribution in [0.5, 0.6) is 0 Å². The molecule has 2 atom stereocenters. The van der Waals surface area contributed by atoms with Crippen molar-refractivity contribution in [2.45, 2.75) is 44.3 Å². The fourth-order valence-corrected chi connectivity index (χ4v) is 2.23. The van der Waals surface area contributed by atoms with Crippen LogP contribution in [0.3, 0.4) is 0 Å². The molecule has 2 unspecified atom stereocenters. The van der Waals surface area contributed by atoms with Crippen LogP contribution in [-0.2, 0) is 9.63 Å². The Bertz CT molecular complexity index is 422. The number of nitrogens with zero attached hydrogens (tertiary/aromatic N) is 3. The first-order valence-corrected chi connectivity index (χ1v) is 5.71. The molecular formula is C10H15N3O5. The first-order chi connectivity index (χ1) is 8.35. The molecule has 0 bridgehead atoms. The maximum atomic E-state index is 12.1. The minimum atomic E-state index is -1.87. The molecule has 2 rings (SSSR count). The van der Waals surface area contributed by atoms with Crippen LogP contribution < -0.4 is 0 Å². The highest BCUT2D eigenvalue weighted by Gasteiger charge is 2.64. The van der Waals surface area contributed by atoms with E-state index in [4.69, 9.17) is 4.84 Å². The van der Waals surface area contributed by atoms with Crippen LogP contribution >= 0.6 is 0 Å². The van der Waals surface area contributed by atoms with Crippen LogP contribution in [0.25, 0.3) is 0 Å². The predicted octanol–water partition coefficient (Wildman–Crippen LogP) is 0.398. The topological polar surface area (TPSA) is 93.0 Å². The molecule has 8 heteroatoms. The SMILES string of the molecule is CON1C(=O)N(C2CC2)C(C)C(C)([N+](=O)[O-])C1=O. The molecule has 0 spiro atoms. The molecule has 8 nitrogen and oxygen atoms in total. The minimum Gasteiger partial charge on any atom is -0.309 e. The molecule has 18 heavy (non-hydrogen) atoms. The highest BCUT2D eigenvalue weighted by atomic mass is 16.7. The summed E-state index contributed by atoms with van der Waals surface area (Å²) in [6.07, 6.45) is 1.60. The van der Waals surface area contributed by atoms with Gasteiger partial charge in [-0.15, -0.1) is 5.06 Å². The number of hydrogen-bond acceptors (Lipinski definition) is 5. The average molecular weight is 257 g/mol. The molecule has 1 heterocycles. The Morgan fingerprint density at radius 2 is 2.00 bits per heavy atom. The first kappa shape index (κ1) is 12.7. The number of hydrogen-bond donors (Lipinski definition) is 0. The van der Waals surface area contributed by atoms with E-state index in [0.717, 1.165) is 20.0 Å². The van der Waals surface area contributed by atoms with Crippen molar-refractivity contribution < 1.29 is 19.3 Å². The molecule has 1 aliphatic carbocycles. The van der Waals surface area contributed by atoms with Crippen LogP contribution in [0, 0.1) is 10.1 Å². The quantitative estimate of drug-likeness (QED) is 0.539. The van der Waals surface area contributed by atoms with Gasteiger partial charge in [-0.1, -0.05) is 0 Å². The number of rotatable bonds is 3. The number of hydroxylamine groups is 2. The van der Waals surface area contributed by atoms with E-state index in [-0.39, 0.29) is 6.04 Å². The summed E-state index contributed by atoms with van der Waals surface area (Å²) in [6.45, 7) is 2.76. The van der Waals surface area contributed by atoms with Gasteiger partial charge in [0.1, 0.15) is 6.04 Å². The lowest BCUT2D eigenvalue weighted by atomic mass is 9.89. The smallest absolute Gasteiger partial charge is 0.309 e. The summed E-state index contributed by atoms with van der Waals surface area (Å²) in [5.74, 6) is -0.926. The van der Waals surface area contributed by atoms with E-state index in [1.54, 1.807) is 0 Å². The lowest BCUT2D eigenvalue weighted by molar-refractivity contribution is -0.559. The van der Waals surface area contributed by atoms with Crippen molar-refractivity contribution in [2.75, 3.05) is 7.11 Å². The number of carbonyl (C=O) groups is 2. The van der Waals surface area contributed by atoms with Crippen LogP contribution in [0.1, 0.15) is 26.7 Å². The second kappa shape index (κ2) is 3.91. The van der Waals surface area contributed by atoms with Gasteiger partial charge in [-0.05, 0) is 19.8 Å². The number of amides is 3. The number of nitro groups is 1. The molecular weight excluding hydrogens is 242 g/mol. The molecule has 2 fully saturated rings. The summed E-state index contributed by atoms with van der Waals surface area (Å²) in [5.41, 5.74) is -1.87. The fraction of sp³-hybridized carbons (Fsp3) is 0.800. The van der Waals surface area contributed by atoms with Crippen molar-refractivity contribution in [3.8, 4) is 0 Å². The summed E-state index contributed by atoms with van der Waals surface area (Å²) in [5, 5.41) is 11.7. The van der Waals surface area contributed by atoms with Gasteiger partial charge in [0.25, 0.3) is 0 Å². The van der Waals surface area contributed by atoms with Crippen LogP contribution in [-0.4, -0.2) is 51.6 Å². The average Bonchev–Trinajstić information content (AvgIpc) is 3.11. The summed E-state index contributed by atoms with van der Waals surface area (Å²) in [6, 6.07) is -1.43. The Morgan fingerprint density at radius 3 is 2.39 bits per heavy atom. The van der Waals surface area contributed by atoms with Crippen LogP contribution in [0.4, 0.5) is 4.79 Å². The molecule has 3 amide bonds. The zero-order valence-corrected chi connectivity index (χ0v) is 10.5. The summed E-state index contributed by atoms with van der Waals surface area (Å²) in [4.78, 5) is 40.8. The third-order valence-electron chi connectivity index (χ3n) is 3.74. The number of urea groups is 1.